The molecule has 0 fully saturated rings. The summed E-state index contributed by atoms with van der Waals surface area (Å²) in [5.41, 5.74) is 6.40. The van der Waals surface area contributed by atoms with Crippen LogP contribution in [-0.2, 0) is 13.6 Å². The molecule has 1 aromatic carbocycles. The number of nitrogen functional groups attached to an aromatic ring is 1. The Morgan fingerprint density at radius 3 is 2.89 bits per heavy atom. The fourth-order valence-corrected chi connectivity index (χ4v) is 1.60. The largest absolute Gasteiger partial charge is 0.507 e. The molecular formula is C12H13FN4O2. The minimum absolute atomic E-state index is 0.00358. The normalized spacial score (nSPS) is 10.4. The van der Waals surface area contributed by atoms with E-state index in [-0.39, 0.29) is 12.1 Å². The molecule has 6 nitrogen and oxygen atoms in total. The van der Waals surface area contributed by atoms with Crippen LogP contribution in [0.4, 0.5) is 10.2 Å². The van der Waals surface area contributed by atoms with Gasteiger partial charge in [0.05, 0.1) is 11.8 Å². The molecule has 0 aliphatic rings. The number of nitrogens with two attached hydrogens (primary N) is 1. The first-order valence-corrected chi connectivity index (χ1v) is 5.52. The third kappa shape index (κ3) is 2.65. The molecule has 1 heterocycles. The lowest BCUT2D eigenvalue weighted by Crippen LogP contribution is -2.23. The number of halogens is 1. The molecule has 1 aromatic heterocycles. The summed E-state index contributed by atoms with van der Waals surface area (Å²) in [5, 5.41) is 16.0. The zero-order valence-electron chi connectivity index (χ0n) is 10.2. The Bertz CT molecular complexity index is 624. The number of hydrogen-bond acceptors (Lipinski definition) is 4. The number of hydrogen-bond donors (Lipinski definition) is 3. The van der Waals surface area contributed by atoms with E-state index in [1.165, 1.54) is 10.7 Å². The van der Waals surface area contributed by atoms with E-state index in [0.29, 0.717) is 11.4 Å². The number of anilines is 1. The zero-order valence-corrected chi connectivity index (χ0v) is 10.2. The van der Waals surface area contributed by atoms with Gasteiger partial charge in [0.1, 0.15) is 17.4 Å². The smallest absolute Gasteiger partial charge is 0.255 e. The summed E-state index contributed by atoms with van der Waals surface area (Å²) in [7, 11) is 1.69. The highest BCUT2D eigenvalue weighted by atomic mass is 19.1. The molecule has 0 aliphatic carbocycles. The minimum atomic E-state index is -0.606. The number of aromatic nitrogens is 2. The fraction of sp³-hybridized carbons (Fsp3) is 0.167. The highest BCUT2D eigenvalue weighted by molar-refractivity contribution is 5.96. The van der Waals surface area contributed by atoms with Crippen molar-refractivity contribution in [3.8, 4) is 5.75 Å². The number of carbonyl (C=O) groups is 1. The van der Waals surface area contributed by atoms with Crippen LogP contribution in [0.5, 0.6) is 5.75 Å². The Morgan fingerprint density at radius 2 is 2.32 bits per heavy atom. The first-order valence-electron chi connectivity index (χ1n) is 5.52. The van der Waals surface area contributed by atoms with Crippen molar-refractivity contribution in [2.24, 2.45) is 7.05 Å². The molecule has 2 rings (SSSR count). The van der Waals surface area contributed by atoms with E-state index in [0.717, 1.165) is 12.1 Å². The van der Waals surface area contributed by atoms with Crippen molar-refractivity contribution >= 4 is 11.7 Å². The number of phenols is 1. The standard InChI is InChI=1S/C12H13FN4O2/c1-17-11(14)7(6-16-17)5-15-12(19)9-3-2-8(13)4-10(9)18/h2-4,6,18H,5,14H2,1H3,(H,15,19). The predicted octanol–water partition coefficient (Wildman–Crippen LogP) is 0.777. The maximum Gasteiger partial charge on any atom is 0.255 e. The Balaban J connectivity index is 2.07. The molecule has 1 amide bonds. The van der Waals surface area contributed by atoms with Crippen LogP contribution < -0.4 is 11.1 Å². The highest BCUT2D eigenvalue weighted by Crippen LogP contribution is 2.18. The van der Waals surface area contributed by atoms with Gasteiger partial charge in [-0.25, -0.2) is 4.39 Å². The topological polar surface area (TPSA) is 93.2 Å². The van der Waals surface area contributed by atoms with Gasteiger partial charge in [0.15, 0.2) is 0 Å². The molecule has 0 atom stereocenters. The van der Waals surface area contributed by atoms with Gasteiger partial charge in [-0.1, -0.05) is 0 Å². The van der Waals surface area contributed by atoms with Crippen LogP contribution in [-0.4, -0.2) is 20.8 Å². The molecule has 7 heteroatoms. The summed E-state index contributed by atoms with van der Waals surface area (Å²) in [4.78, 5) is 11.8. The van der Waals surface area contributed by atoms with Crippen molar-refractivity contribution < 1.29 is 14.3 Å². The number of benzene rings is 1. The van der Waals surface area contributed by atoms with Crippen LogP contribution in [0.3, 0.4) is 0 Å². The van der Waals surface area contributed by atoms with Gasteiger partial charge < -0.3 is 16.2 Å². The SMILES string of the molecule is Cn1ncc(CNC(=O)c2ccc(F)cc2O)c1N. The van der Waals surface area contributed by atoms with Gasteiger partial charge in [0.25, 0.3) is 5.91 Å². The first kappa shape index (κ1) is 12.9. The van der Waals surface area contributed by atoms with Gasteiger partial charge in [0.2, 0.25) is 0 Å². The Morgan fingerprint density at radius 1 is 1.58 bits per heavy atom. The number of aryl methyl sites for hydroxylation is 1. The van der Waals surface area contributed by atoms with E-state index in [2.05, 4.69) is 10.4 Å². The third-order valence-electron chi connectivity index (χ3n) is 2.71. The fourth-order valence-electron chi connectivity index (χ4n) is 1.60. The van der Waals surface area contributed by atoms with Crippen molar-refractivity contribution in [2.45, 2.75) is 6.54 Å². The second kappa shape index (κ2) is 4.97. The van der Waals surface area contributed by atoms with E-state index in [4.69, 9.17) is 5.73 Å². The summed E-state index contributed by atoms with van der Waals surface area (Å²) >= 11 is 0. The summed E-state index contributed by atoms with van der Waals surface area (Å²) in [6.45, 7) is 0.176. The predicted molar refractivity (Wildman–Crippen MR) is 66.9 cm³/mol. The Hall–Kier alpha value is -2.57. The lowest BCUT2D eigenvalue weighted by Gasteiger charge is -2.06. The maximum atomic E-state index is 12.8. The first-order chi connectivity index (χ1) is 8.99. The zero-order chi connectivity index (χ0) is 14.0. The molecule has 0 aliphatic heterocycles. The number of rotatable bonds is 3. The number of carbonyl (C=O) groups excluding carboxylic acids is 1. The number of amides is 1. The Kier molecular flexibility index (Phi) is 3.37. The Labute approximate surface area is 108 Å². The number of nitrogens with one attached hydrogen (secondary N) is 1. The van der Waals surface area contributed by atoms with Gasteiger partial charge in [-0.3, -0.25) is 9.48 Å². The molecule has 0 unspecified atom stereocenters. The van der Waals surface area contributed by atoms with E-state index in [1.807, 2.05) is 0 Å². The maximum absolute atomic E-state index is 12.8. The average Bonchev–Trinajstić information content (AvgIpc) is 2.67. The summed E-state index contributed by atoms with van der Waals surface area (Å²) in [6, 6.07) is 3.20. The van der Waals surface area contributed by atoms with E-state index in [1.54, 1.807) is 13.2 Å². The summed E-state index contributed by atoms with van der Waals surface area (Å²) in [6.07, 6.45) is 1.54. The summed E-state index contributed by atoms with van der Waals surface area (Å²) < 4.78 is 14.3. The van der Waals surface area contributed by atoms with E-state index < -0.39 is 17.5 Å². The molecular weight excluding hydrogens is 251 g/mol. The van der Waals surface area contributed by atoms with E-state index in [9.17, 15) is 14.3 Å². The molecule has 0 spiro atoms. The van der Waals surface area contributed by atoms with Crippen molar-refractivity contribution in [3.05, 3.63) is 41.3 Å². The summed E-state index contributed by atoms with van der Waals surface area (Å²) in [5.74, 6) is -1.08. The van der Waals surface area contributed by atoms with Crippen LogP contribution in [0.15, 0.2) is 24.4 Å². The van der Waals surface area contributed by atoms with Gasteiger partial charge >= 0.3 is 0 Å². The number of phenolic OH excluding ortho intramolecular Hbond substituents is 1. The number of nitrogens with zero attached hydrogens (tertiary/aromatic N) is 2. The second-order valence-corrected chi connectivity index (χ2v) is 4.02. The molecule has 100 valence electrons. The number of aromatic hydroxyl groups is 1. The monoisotopic (exact) mass is 264 g/mol. The lowest BCUT2D eigenvalue weighted by molar-refractivity contribution is 0.0948. The molecule has 19 heavy (non-hydrogen) atoms. The quantitative estimate of drug-likeness (QED) is 0.763. The van der Waals surface area contributed by atoms with E-state index >= 15 is 0 Å². The van der Waals surface area contributed by atoms with Gasteiger partial charge in [0, 0.05) is 25.2 Å². The van der Waals surface area contributed by atoms with Crippen molar-refractivity contribution in [3.63, 3.8) is 0 Å². The van der Waals surface area contributed by atoms with Crippen LogP contribution in [0.2, 0.25) is 0 Å². The van der Waals surface area contributed by atoms with Crippen LogP contribution in [0.25, 0.3) is 0 Å². The van der Waals surface area contributed by atoms with Crippen LogP contribution in [0.1, 0.15) is 15.9 Å². The van der Waals surface area contributed by atoms with Crippen LogP contribution in [0, 0.1) is 5.82 Å². The molecule has 0 saturated heterocycles. The minimum Gasteiger partial charge on any atom is -0.507 e. The molecule has 0 saturated carbocycles. The lowest BCUT2D eigenvalue weighted by atomic mass is 10.2. The average molecular weight is 264 g/mol. The molecule has 0 bridgehead atoms. The van der Waals surface area contributed by atoms with Gasteiger partial charge in [-0.05, 0) is 12.1 Å². The van der Waals surface area contributed by atoms with Crippen molar-refractivity contribution in [1.29, 1.82) is 0 Å². The van der Waals surface area contributed by atoms with Crippen LogP contribution >= 0.6 is 0 Å². The highest BCUT2D eigenvalue weighted by Gasteiger charge is 2.12. The van der Waals surface area contributed by atoms with Gasteiger partial charge in [-0.15, -0.1) is 0 Å². The van der Waals surface area contributed by atoms with Crippen molar-refractivity contribution in [1.82, 2.24) is 15.1 Å². The molecule has 2 aromatic rings. The molecule has 0 radical (unpaired) electrons. The van der Waals surface area contributed by atoms with Gasteiger partial charge in [-0.2, -0.15) is 5.10 Å². The second-order valence-electron chi connectivity index (χ2n) is 4.02. The third-order valence-corrected chi connectivity index (χ3v) is 2.71. The van der Waals surface area contributed by atoms with Crippen molar-refractivity contribution in [2.75, 3.05) is 5.73 Å². The molecule has 4 N–H and O–H groups in total.